The van der Waals surface area contributed by atoms with E-state index in [0.717, 1.165) is 6.07 Å². The number of methoxy groups -OCH3 is 1. The predicted molar refractivity (Wildman–Crippen MR) is 144 cm³/mol. The molecule has 0 unspecified atom stereocenters. The zero-order valence-corrected chi connectivity index (χ0v) is 25.4. The van der Waals surface area contributed by atoms with Crippen molar-refractivity contribution in [3.63, 3.8) is 0 Å². The molecule has 4 aromatic carbocycles. The van der Waals surface area contributed by atoms with Gasteiger partial charge in [-0.25, -0.2) is 0 Å². The molecule has 1 amide bonds. The number of anilines is 1. The van der Waals surface area contributed by atoms with Crippen LogP contribution in [0.3, 0.4) is 0 Å². The molecule has 0 heterocycles. The minimum Gasteiger partial charge on any atom is -0.870 e. The van der Waals surface area contributed by atoms with Gasteiger partial charge < -0.3 is 15.2 Å². The van der Waals surface area contributed by atoms with E-state index in [-0.39, 0.29) is 51.5 Å². The SMILES string of the molecule is CCc1cc(Cl)c(S(=O)(=O)O)cc1N=Nc1c([O-])c(C(=O)Nc2ccc(Cl)c(OC)c2)cc2ccccc12.[Na+]. The van der Waals surface area contributed by atoms with Crippen molar-refractivity contribution in [2.45, 2.75) is 18.2 Å². The molecule has 13 heteroatoms. The second-order valence-corrected chi connectivity index (χ2v) is 10.3. The van der Waals surface area contributed by atoms with Crippen LogP contribution in [0.4, 0.5) is 17.1 Å². The second kappa shape index (κ2) is 12.6. The molecule has 0 aromatic heterocycles. The van der Waals surface area contributed by atoms with E-state index in [4.69, 9.17) is 27.9 Å². The van der Waals surface area contributed by atoms with Crippen LogP contribution in [0.1, 0.15) is 22.8 Å². The third-order valence-corrected chi connectivity index (χ3v) is 7.31. The van der Waals surface area contributed by atoms with Gasteiger partial charge in [0.1, 0.15) is 10.6 Å². The number of ether oxygens (including phenoxy) is 1. The van der Waals surface area contributed by atoms with E-state index in [2.05, 4.69) is 15.5 Å². The Balaban J connectivity index is 0.00000420. The van der Waals surface area contributed by atoms with Gasteiger partial charge in [-0.2, -0.15) is 18.6 Å². The van der Waals surface area contributed by atoms with Crippen molar-refractivity contribution in [1.29, 1.82) is 0 Å². The van der Waals surface area contributed by atoms with Gasteiger partial charge in [-0.1, -0.05) is 60.1 Å². The number of amides is 1. The summed E-state index contributed by atoms with van der Waals surface area (Å²) in [5.74, 6) is -1.03. The Kier molecular flexibility index (Phi) is 10.0. The van der Waals surface area contributed by atoms with E-state index >= 15 is 0 Å². The fraction of sp³-hybridized carbons (Fsp3) is 0.115. The zero-order valence-electron chi connectivity index (χ0n) is 21.0. The van der Waals surface area contributed by atoms with Crippen molar-refractivity contribution >= 4 is 67.1 Å². The molecular formula is C26H20Cl2N3NaO6S. The van der Waals surface area contributed by atoms with Crippen molar-refractivity contribution in [3.05, 3.63) is 81.8 Å². The average Bonchev–Trinajstić information content (AvgIpc) is 2.88. The summed E-state index contributed by atoms with van der Waals surface area (Å²) in [7, 11) is -3.19. The summed E-state index contributed by atoms with van der Waals surface area (Å²) in [5.41, 5.74) is 0.687. The van der Waals surface area contributed by atoms with E-state index in [9.17, 15) is 22.9 Å². The number of hydrogen-bond donors (Lipinski definition) is 2. The molecule has 0 aliphatic carbocycles. The Morgan fingerprint density at radius 1 is 1.05 bits per heavy atom. The van der Waals surface area contributed by atoms with Gasteiger partial charge in [0.05, 0.1) is 28.5 Å². The number of hydrogen-bond acceptors (Lipinski definition) is 7. The van der Waals surface area contributed by atoms with Crippen molar-refractivity contribution in [2.75, 3.05) is 12.4 Å². The van der Waals surface area contributed by atoms with Crippen molar-refractivity contribution in [3.8, 4) is 11.5 Å². The minimum atomic E-state index is -4.63. The van der Waals surface area contributed by atoms with Crippen LogP contribution in [0.25, 0.3) is 10.8 Å². The summed E-state index contributed by atoms with van der Waals surface area (Å²) in [5, 5.41) is 25.5. The van der Waals surface area contributed by atoms with Crippen LogP contribution in [0.15, 0.2) is 75.8 Å². The Bertz CT molecular complexity index is 1710. The Morgan fingerprint density at radius 2 is 1.77 bits per heavy atom. The zero-order chi connectivity index (χ0) is 27.6. The van der Waals surface area contributed by atoms with Crippen LogP contribution in [0.5, 0.6) is 11.5 Å². The first-order chi connectivity index (χ1) is 18.0. The number of carbonyl (C=O) groups is 1. The number of carbonyl (C=O) groups excluding carboxylic acids is 1. The molecule has 4 rings (SSSR count). The topological polar surface area (TPSA) is 140 Å². The molecule has 0 aliphatic heterocycles. The van der Waals surface area contributed by atoms with Crippen LogP contribution in [0.2, 0.25) is 10.0 Å². The smallest absolute Gasteiger partial charge is 0.870 e. The fourth-order valence-corrected chi connectivity index (χ4v) is 5.01. The van der Waals surface area contributed by atoms with E-state index in [1.807, 2.05) is 0 Å². The van der Waals surface area contributed by atoms with E-state index < -0.39 is 26.7 Å². The van der Waals surface area contributed by atoms with E-state index in [1.165, 1.54) is 25.3 Å². The number of rotatable bonds is 7. The van der Waals surface area contributed by atoms with Crippen molar-refractivity contribution in [1.82, 2.24) is 0 Å². The number of aryl methyl sites for hydroxylation is 1. The van der Waals surface area contributed by atoms with Crippen molar-refractivity contribution < 1.29 is 57.2 Å². The first-order valence-corrected chi connectivity index (χ1v) is 13.3. The standard InChI is InChI=1S/C26H21Cl2N3O6S.Na/c1-3-14-11-20(28)23(38(34,35)36)13-21(14)30-31-24-17-7-5-4-6-15(17)10-18(25(24)32)26(33)29-16-8-9-19(27)22(12-16)37-2;/h4-13,32H,3H2,1-2H3,(H,29,33)(H,34,35,36);/q;+1/p-1. The molecule has 0 saturated carbocycles. The quantitative estimate of drug-likeness (QED) is 0.189. The molecule has 39 heavy (non-hydrogen) atoms. The van der Waals surface area contributed by atoms with E-state index in [0.29, 0.717) is 39.2 Å². The summed E-state index contributed by atoms with van der Waals surface area (Å²) < 4.78 is 38.1. The maximum absolute atomic E-state index is 13.4. The number of nitrogens with zero attached hydrogens (tertiary/aromatic N) is 2. The van der Waals surface area contributed by atoms with Gasteiger partial charge in [0, 0.05) is 22.7 Å². The summed E-state index contributed by atoms with van der Waals surface area (Å²) in [6.07, 6.45) is 0.414. The summed E-state index contributed by atoms with van der Waals surface area (Å²) >= 11 is 12.1. The van der Waals surface area contributed by atoms with Gasteiger partial charge in [0.2, 0.25) is 0 Å². The average molecular weight is 596 g/mol. The number of halogens is 2. The van der Waals surface area contributed by atoms with Crippen LogP contribution < -0.4 is 44.7 Å². The molecule has 0 atom stereocenters. The summed E-state index contributed by atoms with van der Waals surface area (Å²) in [6.45, 7) is 1.79. The van der Waals surface area contributed by atoms with Crippen LogP contribution in [-0.4, -0.2) is 26.0 Å². The predicted octanol–water partition coefficient (Wildman–Crippen LogP) is 3.71. The molecule has 0 bridgehead atoms. The van der Waals surface area contributed by atoms with Gasteiger partial charge in [0.15, 0.2) is 0 Å². The number of azo groups is 1. The normalized spacial score (nSPS) is 11.4. The number of nitrogens with one attached hydrogen (secondary N) is 1. The van der Waals surface area contributed by atoms with Crippen LogP contribution in [-0.2, 0) is 16.5 Å². The summed E-state index contributed by atoms with van der Waals surface area (Å²) in [6, 6.07) is 15.3. The molecule has 9 nitrogen and oxygen atoms in total. The molecule has 196 valence electrons. The molecule has 2 N–H and O–H groups in total. The minimum absolute atomic E-state index is 0. The molecule has 0 aliphatic rings. The van der Waals surface area contributed by atoms with Crippen LogP contribution >= 0.6 is 23.2 Å². The third-order valence-electron chi connectivity index (χ3n) is 5.68. The molecular weight excluding hydrogens is 576 g/mol. The molecule has 0 radical (unpaired) electrons. The van der Waals surface area contributed by atoms with Crippen LogP contribution in [0, 0.1) is 0 Å². The molecule has 0 fully saturated rings. The van der Waals surface area contributed by atoms with Gasteiger partial charge in [-0.05, 0) is 47.7 Å². The first-order valence-electron chi connectivity index (χ1n) is 11.1. The molecule has 4 aromatic rings. The van der Waals surface area contributed by atoms with E-state index in [1.54, 1.807) is 43.3 Å². The Morgan fingerprint density at radius 3 is 2.44 bits per heavy atom. The van der Waals surface area contributed by atoms with Crippen molar-refractivity contribution in [2.24, 2.45) is 10.2 Å². The Hall–Kier alpha value is -2.70. The van der Waals surface area contributed by atoms with Gasteiger partial charge in [-0.15, -0.1) is 0 Å². The van der Waals surface area contributed by atoms with Gasteiger partial charge in [0.25, 0.3) is 16.0 Å². The monoisotopic (exact) mass is 595 g/mol. The maximum Gasteiger partial charge on any atom is 1.00 e. The fourth-order valence-electron chi connectivity index (χ4n) is 3.78. The number of benzene rings is 4. The number of fused-ring (bicyclic) bond motifs is 1. The third kappa shape index (κ3) is 6.72. The van der Waals surface area contributed by atoms with Gasteiger partial charge >= 0.3 is 29.6 Å². The maximum atomic E-state index is 13.4. The molecule has 0 spiro atoms. The van der Waals surface area contributed by atoms with Gasteiger partial charge in [-0.3, -0.25) is 9.35 Å². The summed E-state index contributed by atoms with van der Waals surface area (Å²) in [4.78, 5) is 12.6. The second-order valence-electron chi connectivity index (χ2n) is 8.07. The molecule has 0 saturated heterocycles. The largest absolute Gasteiger partial charge is 1.00 e. The first kappa shape index (κ1) is 30.8. The Labute approximate surface area is 256 Å².